The van der Waals surface area contributed by atoms with Gasteiger partial charge in [-0.2, -0.15) is 20.1 Å². The number of nitrogens with zero attached hydrogens (tertiary/aromatic N) is 5. The predicted molar refractivity (Wildman–Crippen MR) is 122 cm³/mol. The lowest BCUT2D eigenvalue weighted by Crippen LogP contribution is -2.25. The van der Waals surface area contributed by atoms with E-state index in [-0.39, 0.29) is 17.8 Å². The minimum absolute atomic E-state index is 0.0588. The molecule has 1 atom stereocenters. The summed E-state index contributed by atoms with van der Waals surface area (Å²) in [6, 6.07) is 16.7. The van der Waals surface area contributed by atoms with E-state index in [1.165, 1.54) is 17.7 Å². The number of hydrogen-bond donors (Lipinski definition) is 3. The van der Waals surface area contributed by atoms with Crippen LogP contribution >= 0.6 is 0 Å². The lowest BCUT2D eigenvalue weighted by atomic mass is 10.0. The zero-order valence-corrected chi connectivity index (χ0v) is 17.6. The molecule has 1 unspecified atom stereocenters. The van der Waals surface area contributed by atoms with Gasteiger partial charge in [0.2, 0.25) is 17.8 Å². The second kappa shape index (κ2) is 8.26. The number of hydrogen-bond acceptors (Lipinski definition) is 7. The molecule has 4 aromatic rings. The normalized spacial score (nSPS) is 15.8. The van der Waals surface area contributed by atoms with Crippen LogP contribution in [0.1, 0.15) is 30.0 Å². The maximum absolute atomic E-state index is 13.4. The van der Waals surface area contributed by atoms with Gasteiger partial charge in [0.1, 0.15) is 5.82 Å². The van der Waals surface area contributed by atoms with Gasteiger partial charge >= 0.3 is 0 Å². The van der Waals surface area contributed by atoms with Crippen LogP contribution in [0.5, 0.6) is 0 Å². The van der Waals surface area contributed by atoms with Crippen LogP contribution in [0.25, 0.3) is 11.3 Å². The number of benzene rings is 2. The zero-order chi connectivity index (χ0) is 22.1. The molecule has 1 saturated heterocycles. The molecule has 0 amide bonds. The van der Waals surface area contributed by atoms with Crippen LogP contribution in [0.15, 0.2) is 54.6 Å². The summed E-state index contributed by atoms with van der Waals surface area (Å²) in [5, 5.41) is 10.5. The average molecular weight is 430 g/mol. The summed E-state index contributed by atoms with van der Waals surface area (Å²) in [6.45, 7) is 2.83. The lowest BCUT2D eigenvalue weighted by Gasteiger charge is -2.25. The third-order valence-corrected chi connectivity index (χ3v) is 5.55. The fourth-order valence-corrected chi connectivity index (χ4v) is 4.06. The molecule has 32 heavy (non-hydrogen) atoms. The van der Waals surface area contributed by atoms with Crippen LogP contribution in [0, 0.1) is 12.7 Å². The summed E-state index contributed by atoms with van der Waals surface area (Å²) in [5.41, 5.74) is 10.1. The number of rotatable bonds is 5. The maximum atomic E-state index is 13.4. The van der Waals surface area contributed by atoms with Gasteiger partial charge < -0.3 is 16.0 Å². The van der Waals surface area contributed by atoms with Gasteiger partial charge in [0.15, 0.2) is 5.82 Å². The Balaban J connectivity index is 1.39. The second-order valence-electron chi connectivity index (χ2n) is 7.88. The van der Waals surface area contributed by atoms with Crippen molar-refractivity contribution in [3.63, 3.8) is 0 Å². The van der Waals surface area contributed by atoms with Gasteiger partial charge in [0, 0.05) is 12.6 Å². The molecule has 5 rings (SSSR count). The van der Waals surface area contributed by atoms with E-state index in [4.69, 9.17) is 5.73 Å². The minimum Gasteiger partial charge on any atom is -0.368 e. The Bertz CT molecular complexity index is 1240. The minimum atomic E-state index is -0.252. The van der Waals surface area contributed by atoms with Crippen LogP contribution in [0.2, 0.25) is 0 Å². The van der Waals surface area contributed by atoms with Gasteiger partial charge in [0.05, 0.1) is 11.7 Å². The number of aromatic nitrogens is 5. The summed E-state index contributed by atoms with van der Waals surface area (Å²) < 4.78 is 13.4. The summed E-state index contributed by atoms with van der Waals surface area (Å²) in [4.78, 5) is 15.2. The highest BCUT2D eigenvalue weighted by molar-refractivity contribution is 5.65. The van der Waals surface area contributed by atoms with Crippen LogP contribution in [-0.2, 0) is 0 Å². The molecular weight excluding hydrogens is 407 g/mol. The smallest absolute Gasteiger partial charge is 0.235 e. The molecule has 0 aliphatic carbocycles. The van der Waals surface area contributed by atoms with E-state index in [1.807, 2.05) is 31.2 Å². The standard InChI is InChI=1S/C23H23FN8/c1-14-4-2-5-16(12-14)18-13-20(31-30-18)26-22-27-21(25)28-23(29-22)32-11-3-6-19(32)15-7-9-17(24)10-8-15/h2,4-5,7-10,12-13,19H,3,6,11H2,1H3,(H4,25,26,27,28,29,30,31). The van der Waals surface area contributed by atoms with Crippen LogP contribution < -0.4 is 16.0 Å². The van der Waals surface area contributed by atoms with Gasteiger partial charge in [-0.05, 0) is 49.1 Å². The third-order valence-electron chi connectivity index (χ3n) is 5.55. The van der Waals surface area contributed by atoms with E-state index in [0.717, 1.165) is 36.2 Å². The van der Waals surface area contributed by atoms with Crippen LogP contribution in [0.4, 0.5) is 28.1 Å². The number of anilines is 4. The van der Waals surface area contributed by atoms with Crippen molar-refractivity contribution < 1.29 is 4.39 Å². The van der Waals surface area contributed by atoms with E-state index in [9.17, 15) is 4.39 Å². The molecule has 162 valence electrons. The predicted octanol–water partition coefficient (Wildman–Crippen LogP) is 4.38. The van der Waals surface area contributed by atoms with E-state index >= 15 is 0 Å². The fourth-order valence-electron chi connectivity index (χ4n) is 4.06. The average Bonchev–Trinajstić information content (AvgIpc) is 3.44. The summed E-state index contributed by atoms with van der Waals surface area (Å²) >= 11 is 0. The molecule has 3 heterocycles. The monoisotopic (exact) mass is 430 g/mol. The highest BCUT2D eigenvalue weighted by Crippen LogP contribution is 2.35. The quantitative estimate of drug-likeness (QED) is 0.431. The maximum Gasteiger partial charge on any atom is 0.235 e. The Morgan fingerprint density at radius 1 is 1.09 bits per heavy atom. The number of nitrogens with two attached hydrogens (primary N) is 1. The van der Waals surface area contributed by atoms with Gasteiger partial charge in [-0.3, -0.25) is 5.10 Å². The van der Waals surface area contributed by atoms with Crippen molar-refractivity contribution in [2.75, 3.05) is 22.5 Å². The van der Waals surface area contributed by atoms with Gasteiger partial charge in [-0.1, -0.05) is 35.9 Å². The number of nitrogens with one attached hydrogen (secondary N) is 2. The molecule has 2 aromatic heterocycles. The number of aromatic amines is 1. The molecule has 1 aliphatic heterocycles. The first-order valence-electron chi connectivity index (χ1n) is 10.5. The summed E-state index contributed by atoms with van der Waals surface area (Å²) in [5.74, 6) is 1.25. The molecule has 4 N–H and O–H groups in total. The number of halogens is 1. The van der Waals surface area contributed by atoms with Crippen molar-refractivity contribution in [2.24, 2.45) is 0 Å². The first kappa shape index (κ1) is 19.9. The van der Waals surface area contributed by atoms with E-state index in [2.05, 4.69) is 41.4 Å². The molecule has 1 fully saturated rings. The first-order valence-corrected chi connectivity index (χ1v) is 10.5. The van der Waals surface area contributed by atoms with Gasteiger partial charge in [-0.25, -0.2) is 4.39 Å². The van der Waals surface area contributed by atoms with E-state index in [0.29, 0.717) is 17.7 Å². The molecule has 0 bridgehead atoms. The lowest BCUT2D eigenvalue weighted by molar-refractivity contribution is 0.624. The van der Waals surface area contributed by atoms with Crippen molar-refractivity contribution in [3.8, 4) is 11.3 Å². The highest BCUT2D eigenvalue weighted by atomic mass is 19.1. The van der Waals surface area contributed by atoms with Gasteiger partial charge in [0.25, 0.3) is 0 Å². The third kappa shape index (κ3) is 4.09. The summed E-state index contributed by atoms with van der Waals surface area (Å²) in [7, 11) is 0. The molecule has 1 aliphatic rings. The van der Waals surface area contributed by atoms with E-state index < -0.39 is 0 Å². The van der Waals surface area contributed by atoms with E-state index in [1.54, 1.807) is 12.1 Å². The Labute approximate surface area is 184 Å². The van der Waals surface area contributed by atoms with Crippen LogP contribution in [0.3, 0.4) is 0 Å². The molecule has 0 saturated carbocycles. The molecule has 8 nitrogen and oxygen atoms in total. The molecule has 0 spiro atoms. The Kier molecular flexibility index (Phi) is 5.14. The SMILES string of the molecule is Cc1cccc(-c2cc(Nc3nc(N)nc(N4CCCC4c4ccc(F)cc4)n3)n[nH]2)c1. The fraction of sp³-hybridized carbons (Fsp3) is 0.217. The van der Waals surface area contributed by atoms with Crippen molar-refractivity contribution in [2.45, 2.75) is 25.8 Å². The number of aryl methyl sites for hydroxylation is 1. The summed E-state index contributed by atoms with van der Waals surface area (Å²) in [6.07, 6.45) is 1.91. The highest BCUT2D eigenvalue weighted by Gasteiger charge is 2.29. The molecule has 2 aromatic carbocycles. The Morgan fingerprint density at radius 3 is 2.75 bits per heavy atom. The molecule has 0 radical (unpaired) electrons. The van der Waals surface area contributed by atoms with Crippen molar-refractivity contribution in [1.82, 2.24) is 25.1 Å². The molecular formula is C23H23FN8. The van der Waals surface area contributed by atoms with Crippen molar-refractivity contribution >= 4 is 23.7 Å². The van der Waals surface area contributed by atoms with Crippen molar-refractivity contribution in [1.29, 1.82) is 0 Å². The Hall–Kier alpha value is -4.01. The van der Waals surface area contributed by atoms with Gasteiger partial charge in [-0.15, -0.1) is 0 Å². The molecule has 9 heteroatoms. The Morgan fingerprint density at radius 2 is 1.94 bits per heavy atom. The zero-order valence-electron chi connectivity index (χ0n) is 17.6. The first-order chi connectivity index (χ1) is 15.5. The van der Waals surface area contributed by atoms with Crippen molar-refractivity contribution in [3.05, 3.63) is 71.5 Å². The topological polar surface area (TPSA) is 109 Å². The largest absolute Gasteiger partial charge is 0.368 e. The number of nitrogen functional groups attached to an aromatic ring is 1. The second-order valence-corrected chi connectivity index (χ2v) is 7.88. The van der Waals surface area contributed by atoms with Crippen LogP contribution in [-0.4, -0.2) is 31.7 Å². The number of H-pyrrole nitrogens is 1.